The number of carbonyl (C=O) groups is 4. The molecule has 33 heavy (non-hydrogen) atoms. The molecule has 0 aliphatic heterocycles. The van der Waals surface area contributed by atoms with Crippen LogP contribution in [0.2, 0.25) is 0 Å². The minimum Gasteiger partial charge on any atom is -0.463 e. The van der Waals surface area contributed by atoms with Crippen molar-refractivity contribution in [1.82, 2.24) is 5.06 Å². The maximum atomic E-state index is 11.4. The number of amides is 2. The fourth-order valence-electron chi connectivity index (χ4n) is 2.73. The molecule has 0 N–H and O–H groups in total. The first-order valence-electron chi connectivity index (χ1n) is 12.2. The van der Waals surface area contributed by atoms with Crippen molar-refractivity contribution >= 4 is 23.9 Å². The lowest BCUT2D eigenvalue weighted by molar-refractivity contribution is -0.182. The largest absolute Gasteiger partial charge is 0.533 e. The van der Waals surface area contributed by atoms with Crippen LogP contribution in [0.3, 0.4) is 0 Å². The van der Waals surface area contributed by atoms with Crippen LogP contribution in [0, 0.1) is 0 Å². The smallest absolute Gasteiger partial charge is 0.463 e. The zero-order chi connectivity index (χ0) is 25.3. The summed E-state index contributed by atoms with van der Waals surface area (Å²) < 4.78 is 14.3. The molecule has 0 heterocycles. The summed E-state index contributed by atoms with van der Waals surface area (Å²) in [5.41, 5.74) is 0. The summed E-state index contributed by atoms with van der Waals surface area (Å²) in [4.78, 5) is 48.0. The van der Waals surface area contributed by atoms with Gasteiger partial charge in [-0.2, -0.15) is 0 Å². The minimum absolute atomic E-state index is 0.0660. The number of hydrogen-bond acceptors (Lipinski definition) is 8. The van der Waals surface area contributed by atoms with Crippen LogP contribution in [0.1, 0.15) is 105 Å². The molecule has 0 rings (SSSR count). The van der Waals surface area contributed by atoms with E-state index in [1.165, 1.54) is 51.4 Å². The molecule has 0 saturated carbocycles. The zero-order valence-corrected chi connectivity index (χ0v) is 21.3. The first kappa shape index (κ1) is 33.0. The maximum Gasteiger partial charge on any atom is 0.533 e. The van der Waals surface area contributed by atoms with E-state index in [-0.39, 0.29) is 12.4 Å². The van der Waals surface area contributed by atoms with Crippen molar-refractivity contribution in [2.45, 2.75) is 105 Å². The second-order valence-corrected chi connectivity index (χ2v) is 7.46. The Morgan fingerprint density at radius 2 is 1.30 bits per heavy atom. The SMILES string of the molecule is CCC(=O)N(OC(=O)OC)C(C)=O.CCCCCCCCCCCCC(=O)OCCOCC. The van der Waals surface area contributed by atoms with Crippen molar-refractivity contribution in [1.29, 1.82) is 0 Å². The number of esters is 1. The summed E-state index contributed by atoms with van der Waals surface area (Å²) >= 11 is 0. The number of ether oxygens (including phenoxy) is 3. The quantitative estimate of drug-likeness (QED) is 0.167. The van der Waals surface area contributed by atoms with Gasteiger partial charge in [-0.05, 0) is 13.3 Å². The molecular weight excluding hydrogens is 430 g/mol. The van der Waals surface area contributed by atoms with Gasteiger partial charge in [-0.15, -0.1) is 0 Å². The predicted molar refractivity (Wildman–Crippen MR) is 125 cm³/mol. The zero-order valence-electron chi connectivity index (χ0n) is 21.3. The van der Waals surface area contributed by atoms with Gasteiger partial charge in [0.25, 0.3) is 11.8 Å². The topological polar surface area (TPSA) is 108 Å². The van der Waals surface area contributed by atoms with E-state index in [2.05, 4.69) is 16.5 Å². The van der Waals surface area contributed by atoms with Crippen LogP contribution in [0.4, 0.5) is 4.79 Å². The number of carbonyl (C=O) groups excluding carboxylic acids is 4. The van der Waals surface area contributed by atoms with E-state index >= 15 is 0 Å². The molecule has 2 amide bonds. The van der Waals surface area contributed by atoms with E-state index in [9.17, 15) is 19.2 Å². The van der Waals surface area contributed by atoms with Crippen molar-refractivity contribution in [2.75, 3.05) is 26.9 Å². The second kappa shape index (κ2) is 24.5. The van der Waals surface area contributed by atoms with Crippen LogP contribution < -0.4 is 0 Å². The van der Waals surface area contributed by atoms with Gasteiger partial charge in [0.05, 0.1) is 13.7 Å². The molecule has 0 fully saturated rings. The molecule has 0 aromatic heterocycles. The summed E-state index contributed by atoms with van der Waals surface area (Å²) in [6.45, 7) is 8.42. The molecule has 0 aliphatic rings. The van der Waals surface area contributed by atoms with E-state index in [0.717, 1.165) is 26.9 Å². The lowest BCUT2D eigenvalue weighted by Crippen LogP contribution is -2.36. The number of hydroxylamine groups is 2. The van der Waals surface area contributed by atoms with Crippen LogP contribution in [0.25, 0.3) is 0 Å². The molecule has 0 atom stereocenters. The molecule has 0 saturated heterocycles. The Morgan fingerprint density at radius 3 is 1.76 bits per heavy atom. The maximum absolute atomic E-state index is 11.4. The normalized spacial score (nSPS) is 9.97. The Balaban J connectivity index is 0. The van der Waals surface area contributed by atoms with Gasteiger partial charge >= 0.3 is 12.1 Å². The van der Waals surface area contributed by atoms with Gasteiger partial charge < -0.3 is 14.2 Å². The molecule has 0 spiro atoms. The minimum atomic E-state index is -1.10. The highest BCUT2D eigenvalue weighted by Crippen LogP contribution is 2.11. The van der Waals surface area contributed by atoms with Gasteiger partial charge in [0.2, 0.25) is 0 Å². The van der Waals surface area contributed by atoms with Crippen LogP contribution >= 0.6 is 0 Å². The van der Waals surface area contributed by atoms with Crippen molar-refractivity contribution in [2.24, 2.45) is 0 Å². The molecule has 0 radical (unpaired) electrons. The van der Waals surface area contributed by atoms with Crippen molar-refractivity contribution in [3.05, 3.63) is 0 Å². The standard InChI is InChI=1S/C17H34O3.C7H11NO5/c1-3-5-6-7-8-9-10-11-12-13-14-17(18)20-16-15-19-4-2;1-4-6(10)8(5(2)9)13-7(11)12-3/h3-16H2,1-2H3;4H2,1-3H3. The highest BCUT2D eigenvalue weighted by Gasteiger charge is 2.21. The monoisotopic (exact) mass is 475 g/mol. The first-order chi connectivity index (χ1) is 15.8. The van der Waals surface area contributed by atoms with E-state index in [0.29, 0.717) is 31.3 Å². The fraction of sp³-hybridized carbons (Fsp3) is 0.833. The van der Waals surface area contributed by atoms with Gasteiger partial charge in [0.15, 0.2) is 0 Å². The number of methoxy groups -OCH3 is 1. The molecule has 194 valence electrons. The van der Waals surface area contributed by atoms with E-state index in [4.69, 9.17) is 9.47 Å². The molecule has 0 aromatic rings. The summed E-state index contributed by atoms with van der Waals surface area (Å²) in [7, 11) is 1.08. The Kier molecular flexibility index (Phi) is 24.5. The first-order valence-corrected chi connectivity index (χ1v) is 12.2. The number of imide groups is 1. The Labute approximate surface area is 199 Å². The van der Waals surface area contributed by atoms with E-state index < -0.39 is 18.0 Å². The van der Waals surface area contributed by atoms with Crippen LogP contribution in [0.5, 0.6) is 0 Å². The van der Waals surface area contributed by atoms with E-state index in [1.807, 2.05) is 6.92 Å². The molecule has 9 nitrogen and oxygen atoms in total. The average Bonchev–Trinajstić information content (AvgIpc) is 2.81. The summed E-state index contributed by atoms with van der Waals surface area (Å²) in [6, 6.07) is 0. The van der Waals surface area contributed by atoms with Gasteiger partial charge in [-0.3, -0.25) is 19.2 Å². The summed E-state index contributed by atoms with van der Waals surface area (Å²) in [6.07, 6.45) is 12.4. The molecule has 9 heteroatoms. The highest BCUT2D eigenvalue weighted by molar-refractivity contribution is 5.93. The summed E-state index contributed by atoms with van der Waals surface area (Å²) in [5, 5.41) is 0.367. The Hall–Kier alpha value is -2.16. The Morgan fingerprint density at radius 1 is 0.758 bits per heavy atom. The van der Waals surface area contributed by atoms with Crippen LogP contribution in [-0.2, 0) is 33.4 Å². The third kappa shape index (κ3) is 22.8. The van der Waals surface area contributed by atoms with E-state index in [1.54, 1.807) is 6.92 Å². The van der Waals surface area contributed by atoms with Crippen LogP contribution in [-0.4, -0.2) is 55.9 Å². The number of hydrogen-bond donors (Lipinski definition) is 0. The van der Waals surface area contributed by atoms with Crippen molar-refractivity contribution in [3.8, 4) is 0 Å². The third-order valence-electron chi connectivity index (χ3n) is 4.58. The van der Waals surface area contributed by atoms with Gasteiger partial charge in [0, 0.05) is 26.4 Å². The highest BCUT2D eigenvalue weighted by atomic mass is 16.8. The fourth-order valence-corrected chi connectivity index (χ4v) is 2.73. The van der Waals surface area contributed by atoms with Crippen LogP contribution in [0.15, 0.2) is 0 Å². The van der Waals surface area contributed by atoms with Gasteiger partial charge in [-0.1, -0.05) is 76.7 Å². The van der Waals surface area contributed by atoms with Gasteiger partial charge in [-0.25, -0.2) is 4.79 Å². The number of rotatable bonds is 16. The van der Waals surface area contributed by atoms with Crippen molar-refractivity contribution < 1.29 is 38.2 Å². The average molecular weight is 476 g/mol. The molecule has 0 bridgehead atoms. The lowest BCUT2D eigenvalue weighted by Gasteiger charge is -2.15. The van der Waals surface area contributed by atoms with Gasteiger partial charge in [0.1, 0.15) is 6.61 Å². The molecule has 0 unspecified atom stereocenters. The summed E-state index contributed by atoms with van der Waals surface area (Å²) in [5.74, 6) is -1.35. The molecule has 0 aromatic carbocycles. The van der Waals surface area contributed by atoms with Crippen molar-refractivity contribution in [3.63, 3.8) is 0 Å². The third-order valence-corrected chi connectivity index (χ3v) is 4.58. The second-order valence-electron chi connectivity index (χ2n) is 7.46. The molecule has 0 aliphatic carbocycles. The lowest BCUT2D eigenvalue weighted by atomic mass is 10.1. The Bertz CT molecular complexity index is 525. The number of nitrogens with zero attached hydrogens (tertiary/aromatic N) is 1. The molecular formula is C24H45NO8. The predicted octanol–water partition coefficient (Wildman–Crippen LogP) is 5.35. The number of unbranched alkanes of at least 4 members (excludes halogenated alkanes) is 9.